The molecule has 1 unspecified atom stereocenters. The van der Waals surface area contributed by atoms with Crippen LogP contribution in [0.2, 0.25) is 0 Å². The van der Waals surface area contributed by atoms with Crippen molar-refractivity contribution >= 4 is 0 Å². The number of rotatable bonds is 1. The largest absolute Gasteiger partial charge is 0.325 e. The zero-order valence-corrected chi connectivity index (χ0v) is 11.0. The molecular formula is C15H27N. The van der Waals surface area contributed by atoms with Gasteiger partial charge in [-0.05, 0) is 55.3 Å². The molecule has 0 radical (unpaired) electrons. The first kappa shape index (κ1) is 11.1. The first-order valence-corrected chi connectivity index (χ1v) is 7.33. The Kier molecular flexibility index (Phi) is 2.41. The summed E-state index contributed by atoms with van der Waals surface area (Å²) >= 11 is 0. The molecule has 3 atom stereocenters. The minimum Gasteiger partial charge on any atom is -0.325 e. The average Bonchev–Trinajstić information content (AvgIpc) is 2.30. The maximum absolute atomic E-state index is 6.77. The lowest BCUT2D eigenvalue weighted by Gasteiger charge is -2.64. The average molecular weight is 221 g/mol. The normalized spacial score (nSPS) is 44.8. The van der Waals surface area contributed by atoms with Gasteiger partial charge < -0.3 is 5.73 Å². The fourth-order valence-corrected chi connectivity index (χ4v) is 5.08. The zero-order valence-electron chi connectivity index (χ0n) is 11.0. The van der Waals surface area contributed by atoms with Gasteiger partial charge in [-0.15, -0.1) is 0 Å². The van der Waals surface area contributed by atoms with Crippen LogP contribution in [-0.2, 0) is 0 Å². The molecule has 2 N–H and O–H groups in total. The molecule has 0 spiro atoms. The van der Waals surface area contributed by atoms with E-state index < -0.39 is 0 Å². The van der Waals surface area contributed by atoms with Crippen molar-refractivity contribution in [1.29, 1.82) is 0 Å². The summed E-state index contributed by atoms with van der Waals surface area (Å²) in [7, 11) is 0. The Balaban J connectivity index is 1.79. The van der Waals surface area contributed by atoms with Gasteiger partial charge in [0, 0.05) is 5.54 Å². The van der Waals surface area contributed by atoms with Crippen LogP contribution >= 0.6 is 0 Å². The minimum atomic E-state index is 0.214. The molecule has 4 aliphatic carbocycles. The predicted octanol–water partition coefficient (Wildman–Crippen LogP) is 3.72. The summed E-state index contributed by atoms with van der Waals surface area (Å²) in [4.78, 5) is 0. The summed E-state index contributed by atoms with van der Waals surface area (Å²) in [5, 5.41) is 0. The maximum atomic E-state index is 6.77. The molecule has 0 aliphatic heterocycles. The van der Waals surface area contributed by atoms with E-state index in [0.29, 0.717) is 5.41 Å². The third-order valence-electron chi connectivity index (χ3n) is 6.38. The van der Waals surface area contributed by atoms with E-state index in [1.54, 1.807) is 0 Å². The Morgan fingerprint density at radius 2 is 1.62 bits per heavy atom. The molecule has 1 heteroatoms. The smallest absolute Gasteiger partial charge is 0.0185 e. The van der Waals surface area contributed by atoms with E-state index in [0.717, 1.165) is 17.8 Å². The van der Waals surface area contributed by atoms with Gasteiger partial charge in [-0.25, -0.2) is 0 Å². The second kappa shape index (κ2) is 3.48. The van der Waals surface area contributed by atoms with Crippen LogP contribution < -0.4 is 5.73 Å². The SMILES string of the molecule is CC1(C)[C@H]2CCC(C3(N)CCCCC3)[C@@H]1C2. The summed E-state index contributed by atoms with van der Waals surface area (Å²) in [5.74, 6) is 2.79. The van der Waals surface area contributed by atoms with E-state index in [1.807, 2.05) is 0 Å². The summed E-state index contributed by atoms with van der Waals surface area (Å²) in [6.45, 7) is 4.98. The van der Waals surface area contributed by atoms with Crippen LogP contribution in [-0.4, -0.2) is 5.54 Å². The highest BCUT2D eigenvalue weighted by Crippen LogP contribution is 2.64. The van der Waals surface area contributed by atoms with Gasteiger partial charge in [0.1, 0.15) is 0 Å². The summed E-state index contributed by atoms with van der Waals surface area (Å²) < 4.78 is 0. The quantitative estimate of drug-likeness (QED) is 0.717. The van der Waals surface area contributed by atoms with Crippen molar-refractivity contribution in [1.82, 2.24) is 0 Å². The van der Waals surface area contributed by atoms with Crippen LogP contribution in [0, 0.1) is 23.2 Å². The van der Waals surface area contributed by atoms with Crippen LogP contribution in [0.4, 0.5) is 0 Å². The lowest BCUT2D eigenvalue weighted by molar-refractivity contribution is -0.130. The van der Waals surface area contributed by atoms with Crippen molar-refractivity contribution in [2.75, 3.05) is 0 Å². The van der Waals surface area contributed by atoms with Crippen LogP contribution in [0.15, 0.2) is 0 Å². The van der Waals surface area contributed by atoms with Gasteiger partial charge in [0.05, 0.1) is 0 Å². The first-order valence-electron chi connectivity index (χ1n) is 7.33. The Morgan fingerprint density at radius 3 is 2.19 bits per heavy atom. The van der Waals surface area contributed by atoms with Gasteiger partial charge in [-0.1, -0.05) is 33.1 Å². The fraction of sp³-hybridized carbons (Fsp3) is 1.00. The number of hydrogen-bond donors (Lipinski definition) is 1. The lowest BCUT2D eigenvalue weighted by Crippen LogP contribution is -2.62. The molecule has 0 aromatic rings. The molecule has 0 amide bonds. The highest BCUT2D eigenvalue weighted by Gasteiger charge is 2.58. The fourth-order valence-electron chi connectivity index (χ4n) is 5.08. The van der Waals surface area contributed by atoms with Gasteiger partial charge in [-0.2, -0.15) is 0 Å². The molecule has 4 saturated carbocycles. The van der Waals surface area contributed by atoms with Crippen LogP contribution in [0.3, 0.4) is 0 Å². The molecule has 2 bridgehead atoms. The highest BCUT2D eigenvalue weighted by molar-refractivity contribution is 5.09. The Labute approximate surface area is 100 Å². The highest BCUT2D eigenvalue weighted by atomic mass is 14.8. The minimum absolute atomic E-state index is 0.214. The zero-order chi connectivity index (χ0) is 11.4. The van der Waals surface area contributed by atoms with E-state index in [-0.39, 0.29) is 5.54 Å². The molecule has 4 aliphatic rings. The summed E-state index contributed by atoms with van der Waals surface area (Å²) in [5.41, 5.74) is 7.59. The van der Waals surface area contributed by atoms with E-state index >= 15 is 0 Å². The van der Waals surface area contributed by atoms with Gasteiger partial charge in [0.25, 0.3) is 0 Å². The van der Waals surface area contributed by atoms with E-state index in [4.69, 9.17) is 5.73 Å². The molecule has 0 heterocycles. The summed E-state index contributed by atoms with van der Waals surface area (Å²) in [6, 6.07) is 0. The monoisotopic (exact) mass is 221 g/mol. The van der Waals surface area contributed by atoms with Crippen molar-refractivity contribution in [3.63, 3.8) is 0 Å². The Bertz CT molecular complexity index is 273. The van der Waals surface area contributed by atoms with Crippen LogP contribution in [0.25, 0.3) is 0 Å². The van der Waals surface area contributed by atoms with Gasteiger partial charge in [0.2, 0.25) is 0 Å². The molecular weight excluding hydrogens is 194 g/mol. The standard InChI is InChI=1S/C15H27N/c1-14(2)11-6-7-12(13(14)10-11)15(16)8-4-3-5-9-15/h11-13H,3-10,16H2,1-2H3/t11-,12?,13-/m0/s1. The molecule has 0 aromatic carbocycles. The van der Waals surface area contributed by atoms with Gasteiger partial charge in [0.15, 0.2) is 0 Å². The van der Waals surface area contributed by atoms with Crippen molar-refractivity contribution in [2.45, 2.75) is 70.8 Å². The second-order valence-electron chi connectivity index (χ2n) is 7.34. The van der Waals surface area contributed by atoms with Crippen LogP contribution in [0.1, 0.15) is 65.2 Å². The third-order valence-corrected chi connectivity index (χ3v) is 6.38. The molecule has 92 valence electrons. The Morgan fingerprint density at radius 1 is 0.938 bits per heavy atom. The molecule has 0 saturated heterocycles. The van der Waals surface area contributed by atoms with E-state index in [2.05, 4.69) is 13.8 Å². The van der Waals surface area contributed by atoms with Crippen LogP contribution in [0.5, 0.6) is 0 Å². The second-order valence-corrected chi connectivity index (χ2v) is 7.34. The number of nitrogens with two attached hydrogens (primary N) is 1. The molecule has 4 rings (SSSR count). The summed E-state index contributed by atoms with van der Waals surface area (Å²) in [6.07, 6.45) is 11.1. The van der Waals surface area contributed by atoms with E-state index in [1.165, 1.54) is 51.4 Å². The number of hydrogen-bond acceptors (Lipinski definition) is 1. The van der Waals surface area contributed by atoms with Crippen molar-refractivity contribution in [2.24, 2.45) is 28.9 Å². The predicted molar refractivity (Wildman–Crippen MR) is 68.1 cm³/mol. The molecule has 4 fully saturated rings. The topological polar surface area (TPSA) is 26.0 Å². The van der Waals surface area contributed by atoms with Crippen molar-refractivity contribution in [3.8, 4) is 0 Å². The molecule has 16 heavy (non-hydrogen) atoms. The first-order chi connectivity index (χ1) is 7.54. The van der Waals surface area contributed by atoms with E-state index in [9.17, 15) is 0 Å². The third kappa shape index (κ3) is 1.40. The van der Waals surface area contributed by atoms with Gasteiger partial charge >= 0.3 is 0 Å². The lowest BCUT2D eigenvalue weighted by atomic mass is 9.42. The number of fused-ring (bicyclic) bond motifs is 2. The van der Waals surface area contributed by atoms with Gasteiger partial charge in [-0.3, -0.25) is 0 Å². The van der Waals surface area contributed by atoms with Crippen molar-refractivity contribution < 1.29 is 0 Å². The van der Waals surface area contributed by atoms with Crippen molar-refractivity contribution in [3.05, 3.63) is 0 Å². The molecule has 1 nitrogen and oxygen atoms in total. The Hall–Kier alpha value is -0.0400. The maximum Gasteiger partial charge on any atom is 0.0185 e. The molecule has 0 aromatic heterocycles.